The van der Waals surface area contributed by atoms with E-state index in [0.29, 0.717) is 38.0 Å². The van der Waals surface area contributed by atoms with Crippen LogP contribution in [0.3, 0.4) is 0 Å². The SMILES string of the molecule is CC1(F)CCC(CNC(=O)c2cc(C(=O)NCc3ccc4c(c3)CC(=O)O4)nc3c(F)cnn23)CC1. The third-order valence-corrected chi connectivity index (χ3v) is 6.73. The highest BCUT2D eigenvalue weighted by Crippen LogP contribution is 2.34. The molecule has 0 spiro atoms. The van der Waals surface area contributed by atoms with Crippen molar-refractivity contribution in [2.24, 2.45) is 5.92 Å². The van der Waals surface area contributed by atoms with Gasteiger partial charge in [0, 0.05) is 24.7 Å². The minimum atomic E-state index is -1.17. The summed E-state index contributed by atoms with van der Waals surface area (Å²) in [5.74, 6) is -1.59. The Labute approximate surface area is 205 Å². The number of hydrogen-bond acceptors (Lipinski definition) is 6. The Balaban J connectivity index is 1.29. The predicted molar refractivity (Wildman–Crippen MR) is 124 cm³/mol. The Morgan fingerprint density at radius 2 is 1.97 bits per heavy atom. The van der Waals surface area contributed by atoms with Gasteiger partial charge in [0.2, 0.25) is 0 Å². The Morgan fingerprint density at radius 3 is 2.75 bits per heavy atom. The average molecular weight is 498 g/mol. The molecule has 36 heavy (non-hydrogen) atoms. The van der Waals surface area contributed by atoms with Crippen LogP contribution < -0.4 is 15.4 Å². The molecule has 3 heterocycles. The molecule has 2 N–H and O–H groups in total. The fourth-order valence-corrected chi connectivity index (χ4v) is 4.59. The molecule has 0 unspecified atom stereocenters. The van der Waals surface area contributed by atoms with Gasteiger partial charge in [-0.25, -0.2) is 18.3 Å². The normalized spacial score (nSPS) is 21.2. The zero-order valence-corrected chi connectivity index (χ0v) is 19.6. The third kappa shape index (κ3) is 4.91. The summed E-state index contributed by atoms with van der Waals surface area (Å²) in [5.41, 5.74) is -0.109. The van der Waals surface area contributed by atoms with Crippen LogP contribution >= 0.6 is 0 Å². The first-order chi connectivity index (χ1) is 17.2. The smallest absolute Gasteiger partial charge is 0.315 e. The van der Waals surface area contributed by atoms with E-state index in [9.17, 15) is 23.2 Å². The lowest BCUT2D eigenvalue weighted by molar-refractivity contribution is -0.131. The molecule has 2 aliphatic rings. The van der Waals surface area contributed by atoms with Crippen molar-refractivity contribution in [1.82, 2.24) is 25.2 Å². The van der Waals surface area contributed by atoms with Gasteiger partial charge >= 0.3 is 5.97 Å². The van der Waals surface area contributed by atoms with Crippen LogP contribution in [0.4, 0.5) is 8.78 Å². The Hall–Kier alpha value is -3.89. The van der Waals surface area contributed by atoms with E-state index in [1.807, 2.05) is 0 Å². The molecule has 1 aliphatic heterocycles. The second-order valence-electron chi connectivity index (χ2n) is 9.60. The van der Waals surface area contributed by atoms with Crippen molar-refractivity contribution in [3.05, 3.63) is 58.8 Å². The van der Waals surface area contributed by atoms with E-state index >= 15 is 0 Å². The predicted octanol–water partition coefficient (Wildman–Crippen LogP) is 2.91. The van der Waals surface area contributed by atoms with Crippen molar-refractivity contribution in [3.8, 4) is 5.75 Å². The van der Waals surface area contributed by atoms with Crippen molar-refractivity contribution in [1.29, 1.82) is 0 Å². The average Bonchev–Trinajstić information content (AvgIpc) is 3.42. The number of alkyl halides is 1. The number of nitrogens with zero attached hydrogens (tertiary/aromatic N) is 3. The van der Waals surface area contributed by atoms with Crippen molar-refractivity contribution in [2.45, 2.75) is 51.2 Å². The highest BCUT2D eigenvalue weighted by atomic mass is 19.1. The van der Waals surface area contributed by atoms with E-state index in [1.165, 1.54) is 6.07 Å². The zero-order chi connectivity index (χ0) is 25.4. The molecule has 9 nitrogen and oxygen atoms in total. The topological polar surface area (TPSA) is 115 Å². The number of fused-ring (bicyclic) bond motifs is 2. The maximum atomic E-state index is 14.3. The number of benzene rings is 1. The molecule has 0 radical (unpaired) electrons. The first-order valence-corrected chi connectivity index (χ1v) is 11.8. The molecule has 1 aromatic carbocycles. The fraction of sp³-hybridized carbons (Fsp3) is 0.400. The van der Waals surface area contributed by atoms with Crippen LogP contribution in [0.15, 0.2) is 30.5 Å². The van der Waals surface area contributed by atoms with Crippen LogP contribution in [0.2, 0.25) is 0 Å². The maximum Gasteiger partial charge on any atom is 0.315 e. The minimum absolute atomic E-state index is 0.0339. The van der Waals surface area contributed by atoms with Gasteiger partial charge in [0.15, 0.2) is 11.5 Å². The quantitative estimate of drug-likeness (QED) is 0.400. The number of nitrogens with one attached hydrogen (secondary N) is 2. The molecule has 2 aromatic heterocycles. The van der Waals surface area contributed by atoms with Gasteiger partial charge in [-0.3, -0.25) is 14.4 Å². The molecule has 5 rings (SSSR count). The number of carbonyl (C=O) groups excluding carboxylic acids is 3. The van der Waals surface area contributed by atoms with E-state index in [1.54, 1.807) is 25.1 Å². The summed E-state index contributed by atoms with van der Waals surface area (Å²) in [7, 11) is 0. The lowest BCUT2D eigenvalue weighted by Crippen LogP contribution is -2.35. The van der Waals surface area contributed by atoms with Crippen LogP contribution in [0.5, 0.6) is 5.75 Å². The summed E-state index contributed by atoms with van der Waals surface area (Å²) in [6.45, 7) is 2.06. The summed E-state index contributed by atoms with van der Waals surface area (Å²) in [4.78, 5) is 41.3. The van der Waals surface area contributed by atoms with E-state index in [2.05, 4.69) is 20.7 Å². The molecule has 1 saturated carbocycles. The van der Waals surface area contributed by atoms with E-state index < -0.39 is 23.3 Å². The number of ether oxygens (including phenoxy) is 1. The second-order valence-corrected chi connectivity index (χ2v) is 9.60. The van der Waals surface area contributed by atoms with Gasteiger partial charge in [-0.05, 0) is 56.2 Å². The molecule has 11 heteroatoms. The largest absolute Gasteiger partial charge is 0.426 e. The number of carbonyl (C=O) groups is 3. The highest BCUT2D eigenvalue weighted by molar-refractivity contribution is 5.98. The summed E-state index contributed by atoms with van der Waals surface area (Å²) in [5, 5.41) is 9.39. The maximum absolute atomic E-state index is 14.3. The third-order valence-electron chi connectivity index (χ3n) is 6.73. The Morgan fingerprint density at radius 1 is 1.19 bits per heavy atom. The lowest BCUT2D eigenvalue weighted by atomic mass is 9.81. The molecule has 188 valence electrons. The number of esters is 1. The van der Waals surface area contributed by atoms with Gasteiger partial charge in [0.05, 0.1) is 12.6 Å². The fourth-order valence-electron chi connectivity index (χ4n) is 4.59. The Kier molecular flexibility index (Phi) is 6.15. The molecule has 0 atom stereocenters. The van der Waals surface area contributed by atoms with Gasteiger partial charge in [0.25, 0.3) is 11.8 Å². The van der Waals surface area contributed by atoms with Crippen molar-refractivity contribution >= 4 is 23.4 Å². The summed E-state index contributed by atoms with van der Waals surface area (Å²) in [6, 6.07) is 6.42. The molecule has 2 amide bonds. The molecule has 0 bridgehead atoms. The molecule has 1 fully saturated rings. The molecule has 1 aliphatic carbocycles. The number of hydrogen-bond donors (Lipinski definition) is 2. The highest BCUT2D eigenvalue weighted by Gasteiger charge is 2.31. The summed E-state index contributed by atoms with van der Waals surface area (Å²) >= 11 is 0. The number of rotatable bonds is 6. The van der Waals surface area contributed by atoms with Crippen LogP contribution in [0, 0.1) is 11.7 Å². The van der Waals surface area contributed by atoms with Gasteiger partial charge in [0.1, 0.15) is 22.8 Å². The summed E-state index contributed by atoms with van der Waals surface area (Å²) in [6.07, 6.45) is 3.29. The molecule has 3 aromatic rings. The molecular formula is C25H25F2N5O4. The van der Waals surface area contributed by atoms with Crippen LogP contribution in [0.1, 0.15) is 64.7 Å². The molecular weight excluding hydrogens is 472 g/mol. The lowest BCUT2D eigenvalue weighted by Gasteiger charge is -2.31. The summed E-state index contributed by atoms with van der Waals surface area (Å²) < 4.78 is 34.5. The van der Waals surface area contributed by atoms with Gasteiger partial charge in [-0.2, -0.15) is 5.10 Å². The van der Waals surface area contributed by atoms with Crippen molar-refractivity contribution in [3.63, 3.8) is 0 Å². The van der Waals surface area contributed by atoms with E-state index in [0.717, 1.165) is 21.8 Å². The van der Waals surface area contributed by atoms with Gasteiger partial charge in [-0.15, -0.1) is 0 Å². The van der Waals surface area contributed by atoms with Gasteiger partial charge in [-0.1, -0.05) is 6.07 Å². The monoisotopic (exact) mass is 497 g/mol. The number of amides is 2. The number of halogens is 2. The number of aromatic nitrogens is 3. The Bertz CT molecular complexity index is 1360. The van der Waals surface area contributed by atoms with E-state index in [4.69, 9.17) is 4.74 Å². The first kappa shape index (κ1) is 23.8. The van der Waals surface area contributed by atoms with Gasteiger partial charge < -0.3 is 15.4 Å². The minimum Gasteiger partial charge on any atom is -0.426 e. The standard InChI is InChI=1S/C25H25F2N5O4/c1-25(27)6-4-14(5-7-25)11-29-24(35)19-10-18(31-22-17(26)13-30-32(19)22)23(34)28-12-15-2-3-20-16(8-15)9-21(33)36-20/h2-3,8,10,13-14H,4-7,9,11-12H2,1H3,(H,28,34)(H,29,35). The van der Waals surface area contributed by atoms with Crippen LogP contribution in [-0.4, -0.2) is 44.6 Å². The van der Waals surface area contributed by atoms with Crippen molar-refractivity contribution < 1.29 is 27.9 Å². The second kappa shape index (κ2) is 9.29. The molecule has 0 saturated heterocycles. The van der Waals surface area contributed by atoms with Crippen molar-refractivity contribution in [2.75, 3.05) is 6.54 Å². The zero-order valence-electron chi connectivity index (χ0n) is 19.6. The first-order valence-electron chi connectivity index (χ1n) is 11.8. The van der Waals surface area contributed by atoms with E-state index in [-0.39, 0.29) is 41.9 Å². The van der Waals surface area contributed by atoms with Crippen LogP contribution in [0.25, 0.3) is 5.65 Å². The van der Waals surface area contributed by atoms with Crippen LogP contribution in [-0.2, 0) is 17.8 Å².